The number of benzene rings is 1. The van der Waals surface area contributed by atoms with E-state index in [0.717, 1.165) is 6.42 Å². The summed E-state index contributed by atoms with van der Waals surface area (Å²) in [4.78, 5) is 24.2. The molecule has 1 aromatic rings. The molecule has 2 rings (SSSR count). The van der Waals surface area contributed by atoms with Crippen molar-refractivity contribution < 1.29 is 14.3 Å². The van der Waals surface area contributed by atoms with Crippen molar-refractivity contribution in [2.45, 2.75) is 45.1 Å². The molecule has 1 fully saturated rings. The van der Waals surface area contributed by atoms with Crippen LogP contribution in [0.4, 0.5) is 0 Å². The van der Waals surface area contributed by atoms with Gasteiger partial charge in [0.05, 0.1) is 7.11 Å². The molecule has 0 aliphatic heterocycles. The second-order valence-electron chi connectivity index (χ2n) is 6.03. The maximum absolute atomic E-state index is 12.3. The highest BCUT2D eigenvalue weighted by Gasteiger charge is 2.46. The maximum Gasteiger partial charge on any atom is 0.331 e. The van der Waals surface area contributed by atoms with Crippen LogP contribution in [0.5, 0.6) is 0 Å². The number of amides is 1. The van der Waals surface area contributed by atoms with Gasteiger partial charge in [0.2, 0.25) is 5.91 Å². The third kappa shape index (κ3) is 3.26. The zero-order valence-corrected chi connectivity index (χ0v) is 13.1. The van der Waals surface area contributed by atoms with Crippen molar-refractivity contribution in [1.82, 2.24) is 5.32 Å². The molecule has 0 aromatic heterocycles. The van der Waals surface area contributed by atoms with Crippen LogP contribution in [0.1, 0.15) is 43.7 Å². The van der Waals surface area contributed by atoms with E-state index in [1.54, 1.807) is 6.92 Å². The number of aryl methyl sites for hydroxylation is 1. The largest absolute Gasteiger partial charge is 0.467 e. The third-order valence-electron chi connectivity index (χ3n) is 4.34. The summed E-state index contributed by atoms with van der Waals surface area (Å²) in [7, 11) is 1.34. The minimum atomic E-state index is -0.939. The molecule has 3 atom stereocenters. The lowest BCUT2D eigenvalue weighted by Crippen LogP contribution is -2.52. The van der Waals surface area contributed by atoms with Gasteiger partial charge in [-0.3, -0.25) is 4.79 Å². The first-order valence-electron chi connectivity index (χ1n) is 7.38. The van der Waals surface area contributed by atoms with Gasteiger partial charge in [-0.25, -0.2) is 4.79 Å². The predicted molar refractivity (Wildman–Crippen MR) is 80.9 cm³/mol. The van der Waals surface area contributed by atoms with Crippen LogP contribution in [0, 0.1) is 12.8 Å². The highest BCUT2D eigenvalue weighted by molar-refractivity contribution is 5.90. The van der Waals surface area contributed by atoms with Crippen molar-refractivity contribution in [3.8, 4) is 0 Å². The topological polar surface area (TPSA) is 55.4 Å². The summed E-state index contributed by atoms with van der Waals surface area (Å²) in [5.74, 6) is -0.228. The van der Waals surface area contributed by atoms with Crippen molar-refractivity contribution in [3.63, 3.8) is 0 Å². The standard InChI is InChI=1S/C17H23NO3/c1-5-17(3,16(20)21-4)18-15(19)14-10-13(14)12-8-6-7-11(2)9-12/h6-9,13-14H,5,10H2,1-4H3,(H,18,19). The second-order valence-corrected chi connectivity index (χ2v) is 6.03. The Morgan fingerprint density at radius 1 is 1.43 bits per heavy atom. The molecule has 0 saturated heterocycles. The summed E-state index contributed by atoms with van der Waals surface area (Å²) in [6, 6.07) is 8.25. The van der Waals surface area contributed by atoms with E-state index in [0.29, 0.717) is 6.42 Å². The Morgan fingerprint density at radius 2 is 2.14 bits per heavy atom. The maximum atomic E-state index is 12.3. The number of methoxy groups -OCH3 is 1. The Morgan fingerprint density at radius 3 is 2.71 bits per heavy atom. The highest BCUT2D eigenvalue weighted by atomic mass is 16.5. The summed E-state index contributed by atoms with van der Waals surface area (Å²) in [5.41, 5.74) is 1.46. The molecule has 0 bridgehead atoms. The van der Waals surface area contributed by atoms with Crippen molar-refractivity contribution >= 4 is 11.9 Å². The first-order chi connectivity index (χ1) is 9.91. The first-order valence-corrected chi connectivity index (χ1v) is 7.38. The molecule has 0 heterocycles. The molecular weight excluding hydrogens is 266 g/mol. The average Bonchev–Trinajstić information content (AvgIpc) is 3.26. The van der Waals surface area contributed by atoms with Gasteiger partial charge in [-0.2, -0.15) is 0 Å². The lowest BCUT2D eigenvalue weighted by molar-refractivity contribution is -0.150. The molecule has 1 saturated carbocycles. The van der Waals surface area contributed by atoms with E-state index >= 15 is 0 Å². The predicted octanol–water partition coefficient (Wildman–Crippen LogP) is 2.56. The quantitative estimate of drug-likeness (QED) is 0.848. The average molecular weight is 289 g/mol. The van der Waals surface area contributed by atoms with Gasteiger partial charge < -0.3 is 10.1 Å². The van der Waals surface area contributed by atoms with Crippen molar-refractivity contribution in [3.05, 3.63) is 35.4 Å². The number of nitrogens with one attached hydrogen (secondary N) is 1. The Labute approximate surface area is 125 Å². The molecule has 0 radical (unpaired) electrons. The number of rotatable bonds is 5. The molecule has 4 heteroatoms. The molecule has 1 aromatic carbocycles. The molecule has 1 N–H and O–H groups in total. The van der Waals surface area contributed by atoms with E-state index in [9.17, 15) is 9.59 Å². The smallest absolute Gasteiger partial charge is 0.331 e. The van der Waals surface area contributed by atoms with Crippen LogP contribution in [0.2, 0.25) is 0 Å². The van der Waals surface area contributed by atoms with Crippen LogP contribution in [0.3, 0.4) is 0 Å². The summed E-state index contributed by atoms with van der Waals surface area (Å²) in [5, 5.41) is 2.86. The van der Waals surface area contributed by atoms with Gasteiger partial charge in [0.1, 0.15) is 5.54 Å². The minimum absolute atomic E-state index is 0.0395. The number of hydrogen-bond donors (Lipinski definition) is 1. The van der Waals surface area contributed by atoms with Gasteiger partial charge in [0.15, 0.2) is 0 Å². The molecule has 3 unspecified atom stereocenters. The van der Waals surface area contributed by atoms with Crippen LogP contribution in [-0.4, -0.2) is 24.5 Å². The van der Waals surface area contributed by atoms with Crippen molar-refractivity contribution in [1.29, 1.82) is 0 Å². The monoisotopic (exact) mass is 289 g/mol. The summed E-state index contributed by atoms with van der Waals surface area (Å²) >= 11 is 0. The fraction of sp³-hybridized carbons (Fsp3) is 0.529. The van der Waals surface area contributed by atoms with Crippen LogP contribution >= 0.6 is 0 Å². The molecule has 1 aliphatic carbocycles. The zero-order valence-electron chi connectivity index (χ0n) is 13.1. The fourth-order valence-electron chi connectivity index (χ4n) is 2.63. The fourth-order valence-corrected chi connectivity index (χ4v) is 2.63. The molecule has 21 heavy (non-hydrogen) atoms. The Hall–Kier alpha value is -1.84. The SMILES string of the molecule is CCC(C)(NC(=O)C1CC1c1cccc(C)c1)C(=O)OC. The summed E-state index contributed by atoms with van der Waals surface area (Å²) in [6.45, 7) is 5.62. The van der Waals surface area contributed by atoms with Crippen LogP contribution in [0.15, 0.2) is 24.3 Å². The number of carbonyl (C=O) groups excluding carboxylic acids is 2. The van der Waals surface area contributed by atoms with E-state index in [-0.39, 0.29) is 17.7 Å². The Bertz CT molecular complexity index is 555. The number of carbonyl (C=O) groups is 2. The van der Waals surface area contributed by atoms with Gasteiger partial charge in [0, 0.05) is 5.92 Å². The Kier molecular flexibility index (Phi) is 4.35. The highest BCUT2D eigenvalue weighted by Crippen LogP contribution is 2.47. The van der Waals surface area contributed by atoms with E-state index in [1.165, 1.54) is 18.2 Å². The lowest BCUT2D eigenvalue weighted by atomic mass is 9.98. The Balaban J connectivity index is 2.02. The molecule has 4 nitrogen and oxygen atoms in total. The zero-order chi connectivity index (χ0) is 15.6. The molecular formula is C17H23NO3. The van der Waals surface area contributed by atoms with Gasteiger partial charge >= 0.3 is 5.97 Å². The first kappa shape index (κ1) is 15.5. The second kappa shape index (κ2) is 5.88. The number of hydrogen-bond acceptors (Lipinski definition) is 3. The van der Waals surface area contributed by atoms with Crippen LogP contribution < -0.4 is 5.32 Å². The van der Waals surface area contributed by atoms with Crippen LogP contribution in [-0.2, 0) is 14.3 Å². The molecule has 0 spiro atoms. The van der Waals surface area contributed by atoms with E-state index in [2.05, 4.69) is 17.4 Å². The molecule has 1 aliphatic rings. The number of ether oxygens (including phenoxy) is 1. The summed E-state index contributed by atoms with van der Waals surface area (Å²) < 4.78 is 4.78. The van der Waals surface area contributed by atoms with E-state index in [4.69, 9.17) is 4.74 Å². The van der Waals surface area contributed by atoms with Gasteiger partial charge in [-0.15, -0.1) is 0 Å². The van der Waals surface area contributed by atoms with Gasteiger partial charge in [0.25, 0.3) is 0 Å². The van der Waals surface area contributed by atoms with E-state index < -0.39 is 11.5 Å². The summed E-state index contributed by atoms with van der Waals surface area (Å²) in [6.07, 6.45) is 1.35. The van der Waals surface area contributed by atoms with Crippen molar-refractivity contribution in [2.24, 2.45) is 5.92 Å². The van der Waals surface area contributed by atoms with Crippen LogP contribution in [0.25, 0.3) is 0 Å². The minimum Gasteiger partial charge on any atom is -0.467 e. The van der Waals surface area contributed by atoms with E-state index in [1.807, 2.05) is 26.0 Å². The lowest BCUT2D eigenvalue weighted by Gasteiger charge is -2.26. The molecule has 114 valence electrons. The van der Waals surface area contributed by atoms with Gasteiger partial charge in [-0.05, 0) is 38.2 Å². The third-order valence-corrected chi connectivity index (χ3v) is 4.34. The normalized spacial score (nSPS) is 23.0. The van der Waals surface area contributed by atoms with Gasteiger partial charge in [-0.1, -0.05) is 36.8 Å². The number of esters is 1. The van der Waals surface area contributed by atoms with Crippen molar-refractivity contribution in [2.75, 3.05) is 7.11 Å². The molecule has 1 amide bonds.